The second-order valence-electron chi connectivity index (χ2n) is 2.84. The molecule has 1 rings (SSSR count). The summed E-state index contributed by atoms with van der Waals surface area (Å²) >= 11 is 3.27. The van der Waals surface area contributed by atoms with Crippen molar-refractivity contribution in [1.29, 1.82) is 0 Å². The molecule has 3 nitrogen and oxygen atoms in total. The van der Waals surface area contributed by atoms with Gasteiger partial charge >= 0.3 is 0 Å². The van der Waals surface area contributed by atoms with Crippen LogP contribution in [0.5, 0.6) is 0 Å². The second kappa shape index (κ2) is 4.91. The van der Waals surface area contributed by atoms with Crippen LogP contribution in [-0.2, 0) is 4.79 Å². The molecule has 1 aromatic rings. The van der Waals surface area contributed by atoms with E-state index in [0.717, 1.165) is 4.47 Å². The lowest BCUT2D eigenvalue weighted by atomic mass is 10.1. The van der Waals surface area contributed by atoms with Gasteiger partial charge < -0.3 is 5.32 Å². The SMILES string of the molecule is CC(=O)NCC(=O)c1cccc(Br)c1. The highest BCUT2D eigenvalue weighted by molar-refractivity contribution is 9.10. The third-order valence-corrected chi connectivity index (χ3v) is 2.14. The first-order chi connectivity index (χ1) is 6.59. The number of benzene rings is 1. The number of ketones is 1. The smallest absolute Gasteiger partial charge is 0.217 e. The number of nitrogens with one attached hydrogen (secondary N) is 1. The Morgan fingerprint density at radius 1 is 1.43 bits per heavy atom. The maximum Gasteiger partial charge on any atom is 0.217 e. The molecule has 0 fully saturated rings. The van der Waals surface area contributed by atoms with Gasteiger partial charge in [-0.05, 0) is 12.1 Å². The molecule has 1 aromatic carbocycles. The monoisotopic (exact) mass is 255 g/mol. The fourth-order valence-corrected chi connectivity index (χ4v) is 1.37. The van der Waals surface area contributed by atoms with E-state index in [4.69, 9.17) is 0 Å². The minimum absolute atomic E-state index is 0.0474. The van der Waals surface area contributed by atoms with Crippen LogP contribution < -0.4 is 5.32 Å². The predicted molar refractivity (Wildman–Crippen MR) is 57.2 cm³/mol. The predicted octanol–water partition coefficient (Wildman–Crippen LogP) is 1.77. The van der Waals surface area contributed by atoms with Gasteiger partial charge in [-0.15, -0.1) is 0 Å². The summed E-state index contributed by atoms with van der Waals surface area (Å²) in [6, 6.07) is 7.07. The molecule has 0 unspecified atom stereocenters. The van der Waals surface area contributed by atoms with Crippen molar-refractivity contribution in [2.24, 2.45) is 0 Å². The molecule has 0 radical (unpaired) electrons. The van der Waals surface area contributed by atoms with E-state index >= 15 is 0 Å². The van der Waals surface area contributed by atoms with Gasteiger partial charge in [-0.2, -0.15) is 0 Å². The van der Waals surface area contributed by atoms with E-state index in [0.29, 0.717) is 5.56 Å². The molecule has 0 atom stereocenters. The molecule has 0 aromatic heterocycles. The minimum atomic E-state index is -0.201. The lowest BCUT2D eigenvalue weighted by molar-refractivity contribution is -0.118. The number of carbonyl (C=O) groups excluding carboxylic acids is 2. The van der Waals surface area contributed by atoms with Gasteiger partial charge in [-0.1, -0.05) is 28.1 Å². The number of rotatable bonds is 3. The molecule has 0 saturated heterocycles. The van der Waals surface area contributed by atoms with Crippen molar-refractivity contribution in [3.63, 3.8) is 0 Å². The topological polar surface area (TPSA) is 46.2 Å². The molecule has 74 valence electrons. The molecule has 1 N–H and O–H groups in total. The number of hydrogen-bond acceptors (Lipinski definition) is 2. The zero-order chi connectivity index (χ0) is 10.6. The van der Waals surface area contributed by atoms with Gasteiger partial charge in [0.25, 0.3) is 0 Å². The van der Waals surface area contributed by atoms with Crippen LogP contribution in [0.15, 0.2) is 28.7 Å². The highest BCUT2D eigenvalue weighted by atomic mass is 79.9. The van der Waals surface area contributed by atoms with Gasteiger partial charge in [0.15, 0.2) is 5.78 Å². The van der Waals surface area contributed by atoms with E-state index in [1.165, 1.54) is 6.92 Å². The Kier molecular flexibility index (Phi) is 3.83. The Morgan fingerprint density at radius 3 is 2.71 bits per heavy atom. The Labute approximate surface area is 90.6 Å². The van der Waals surface area contributed by atoms with Gasteiger partial charge in [-0.3, -0.25) is 9.59 Å². The van der Waals surface area contributed by atoms with Crippen LogP contribution in [0.2, 0.25) is 0 Å². The zero-order valence-electron chi connectivity index (χ0n) is 7.71. The van der Waals surface area contributed by atoms with Crippen molar-refractivity contribution in [2.75, 3.05) is 6.54 Å². The Bertz CT molecular complexity index is 363. The third-order valence-electron chi connectivity index (χ3n) is 1.64. The largest absolute Gasteiger partial charge is 0.349 e. The zero-order valence-corrected chi connectivity index (χ0v) is 9.30. The van der Waals surface area contributed by atoms with Gasteiger partial charge in [0.1, 0.15) is 0 Å². The molecule has 0 aliphatic carbocycles. The average Bonchev–Trinajstić information content (AvgIpc) is 2.14. The van der Waals surface area contributed by atoms with Gasteiger partial charge in [-0.25, -0.2) is 0 Å². The van der Waals surface area contributed by atoms with Crippen molar-refractivity contribution in [3.8, 4) is 0 Å². The summed E-state index contributed by atoms with van der Waals surface area (Å²) in [6.45, 7) is 1.43. The highest BCUT2D eigenvalue weighted by Gasteiger charge is 2.05. The molecule has 4 heteroatoms. The van der Waals surface area contributed by atoms with Crippen molar-refractivity contribution in [3.05, 3.63) is 34.3 Å². The van der Waals surface area contributed by atoms with Crippen LogP contribution in [0.25, 0.3) is 0 Å². The Balaban J connectivity index is 2.65. The number of hydrogen-bond donors (Lipinski definition) is 1. The van der Waals surface area contributed by atoms with Crippen molar-refractivity contribution in [2.45, 2.75) is 6.92 Å². The fraction of sp³-hybridized carbons (Fsp3) is 0.200. The molecule has 0 aliphatic rings. The summed E-state index contributed by atoms with van der Waals surface area (Å²) in [5, 5.41) is 2.46. The molecule has 0 heterocycles. The first kappa shape index (κ1) is 10.9. The molecule has 0 bridgehead atoms. The summed E-state index contributed by atoms with van der Waals surface area (Å²) in [5.74, 6) is -0.296. The molecule has 0 spiro atoms. The summed E-state index contributed by atoms with van der Waals surface area (Å²) < 4.78 is 0.853. The van der Waals surface area contributed by atoms with Gasteiger partial charge in [0, 0.05) is 17.0 Å². The Morgan fingerprint density at radius 2 is 2.14 bits per heavy atom. The maximum atomic E-state index is 11.5. The number of carbonyl (C=O) groups is 2. The third kappa shape index (κ3) is 3.30. The lowest BCUT2D eigenvalue weighted by Gasteiger charge is -2.01. The molecular formula is C10H10BrNO2. The average molecular weight is 256 g/mol. The van der Waals surface area contributed by atoms with Crippen LogP contribution >= 0.6 is 15.9 Å². The van der Waals surface area contributed by atoms with Crippen LogP contribution in [0.1, 0.15) is 17.3 Å². The number of halogens is 1. The first-order valence-corrected chi connectivity index (χ1v) is 4.92. The van der Waals surface area contributed by atoms with Crippen molar-refractivity contribution < 1.29 is 9.59 Å². The molecular weight excluding hydrogens is 246 g/mol. The van der Waals surface area contributed by atoms with Crippen molar-refractivity contribution >= 4 is 27.6 Å². The maximum absolute atomic E-state index is 11.5. The van der Waals surface area contributed by atoms with E-state index in [1.54, 1.807) is 18.2 Å². The van der Waals surface area contributed by atoms with Gasteiger partial charge in [0.2, 0.25) is 5.91 Å². The van der Waals surface area contributed by atoms with E-state index in [9.17, 15) is 9.59 Å². The van der Waals surface area contributed by atoms with Gasteiger partial charge in [0.05, 0.1) is 6.54 Å². The van der Waals surface area contributed by atoms with E-state index in [-0.39, 0.29) is 18.2 Å². The summed E-state index contributed by atoms with van der Waals surface area (Å²) in [7, 11) is 0. The minimum Gasteiger partial charge on any atom is -0.349 e. The Hall–Kier alpha value is -1.16. The second-order valence-corrected chi connectivity index (χ2v) is 3.76. The standard InChI is InChI=1S/C10H10BrNO2/c1-7(13)12-6-10(14)8-3-2-4-9(11)5-8/h2-5H,6H2,1H3,(H,12,13). The van der Waals surface area contributed by atoms with Crippen LogP contribution in [0, 0.1) is 0 Å². The summed E-state index contributed by atoms with van der Waals surface area (Å²) in [5.41, 5.74) is 0.591. The van der Waals surface area contributed by atoms with Crippen LogP contribution in [0.3, 0.4) is 0 Å². The molecule has 1 amide bonds. The number of amides is 1. The summed E-state index contributed by atoms with van der Waals surface area (Å²) in [6.07, 6.45) is 0. The molecule has 0 aliphatic heterocycles. The van der Waals surface area contributed by atoms with Crippen LogP contribution in [0.4, 0.5) is 0 Å². The van der Waals surface area contributed by atoms with Crippen LogP contribution in [-0.4, -0.2) is 18.2 Å². The number of Topliss-reactive ketones (excluding diaryl/α,β-unsaturated/α-hetero) is 1. The van der Waals surface area contributed by atoms with Crippen molar-refractivity contribution in [1.82, 2.24) is 5.32 Å². The lowest BCUT2D eigenvalue weighted by Crippen LogP contribution is -2.27. The van der Waals surface area contributed by atoms with E-state index in [2.05, 4.69) is 21.2 Å². The fourth-order valence-electron chi connectivity index (χ4n) is 0.969. The quantitative estimate of drug-likeness (QED) is 0.837. The normalized spacial score (nSPS) is 9.57. The summed E-state index contributed by atoms with van der Waals surface area (Å²) in [4.78, 5) is 22.0. The molecule has 0 saturated carbocycles. The first-order valence-electron chi connectivity index (χ1n) is 4.13. The highest BCUT2D eigenvalue weighted by Crippen LogP contribution is 2.11. The van der Waals surface area contributed by atoms with E-state index in [1.807, 2.05) is 6.07 Å². The van der Waals surface area contributed by atoms with E-state index < -0.39 is 0 Å². The molecule has 14 heavy (non-hydrogen) atoms.